The van der Waals surface area contributed by atoms with Gasteiger partial charge in [0, 0.05) is 38.8 Å². The van der Waals surface area contributed by atoms with Crippen molar-refractivity contribution in [2.24, 2.45) is 4.99 Å². The molecule has 150 valence electrons. The second-order valence-corrected chi connectivity index (χ2v) is 7.51. The van der Waals surface area contributed by atoms with E-state index in [0.717, 1.165) is 37.8 Å². The number of hydrogen-bond donors (Lipinski definition) is 2. The standard InChI is InChI=1S/C21H35N5O/c1-4-18(25-12-7-8-13-25)15-23-21(22-2)24-17-11-14-26(16-17)19-9-5-6-10-20(19)27-3/h5-6,9-10,17-18H,4,7-8,11-16H2,1-3H3,(H2,22,23,24). The van der Waals surface area contributed by atoms with Gasteiger partial charge in [0.1, 0.15) is 5.75 Å². The van der Waals surface area contributed by atoms with Crippen molar-refractivity contribution in [2.45, 2.75) is 44.7 Å². The predicted octanol–water partition coefficient (Wildman–Crippen LogP) is 2.31. The largest absolute Gasteiger partial charge is 0.495 e. The van der Waals surface area contributed by atoms with Crippen LogP contribution in [0.15, 0.2) is 29.3 Å². The Hall–Kier alpha value is -1.95. The summed E-state index contributed by atoms with van der Waals surface area (Å²) >= 11 is 0. The lowest BCUT2D eigenvalue weighted by molar-refractivity contribution is 0.236. The molecule has 0 bridgehead atoms. The molecular formula is C21H35N5O. The van der Waals surface area contributed by atoms with Crippen LogP contribution in [0.5, 0.6) is 5.75 Å². The van der Waals surface area contributed by atoms with E-state index < -0.39 is 0 Å². The average Bonchev–Trinajstić information content (AvgIpc) is 3.40. The summed E-state index contributed by atoms with van der Waals surface area (Å²) in [6.45, 7) is 7.71. The zero-order valence-corrected chi connectivity index (χ0v) is 17.1. The Morgan fingerprint density at radius 2 is 2.04 bits per heavy atom. The van der Waals surface area contributed by atoms with Crippen LogP contribution in [-0.2, 0) is 0 Å². The van der Waals surface area contributed by atoms with Gasteiger partial charge in [0.25, 0.3) is 0 Å². The fourth-order valence-corrected chi connectivity index (χ4v) is 4.23. The summed E-state index contributed by atoms with van der Waals surface area (Å²) in [4.78, 5) is 9.45. The third kappa shape index (κ3) is 5.06. The van der Waals surface area contributed by atoms with Crippen molar-refractivity contribution < 1.29 is 4.74 Å². The van der Waals surface area contributed by atoms with E-state index in [4.69, 9.17) is 4.74 Å². The van der Waals surface area contributed by atoms with Gasteiger partial charge in [0.15, 0.2) is 5.96 Å². The van der Waals surface area contributed by atoms with Crippen LogP contribution in [-0.4, -0.2) is 69.8 Å². The highest BCUT2D eigenvalue weighted by molar-refractivity contribution is 5.80. The summed E-state index contributed by atoms with van der Waals surface area (Å²) in [6.07, 6.45) is 4.95. The van der Waals surface area contributed by atoms with E-state index in [1.165, 1.54) is 38.0 Å². The molecule has 0 radical (unpaired) electrons. The van der Waals surface area contributed by atoms with Crippen molar-refractivity contribution in [3.63, 3.8) is 0 Å². The Kier molecular flexibility index (Phi) is 7.21. The molecule has 0 aromatic heterocycles. The predicted molar refractivity (Wildman–Crippen MR) is 113 cm³/mol. The molecule has 2 saturated heterocycles. The molecule has 3 rings (SSSR count). The normalized spacial score (nSPS) is 22.1. The van der Waals surface area contributed by atoms with Gasteiger partial charge in [-0.25, -0.2) is 0 Å². The molecule has 0 aliphatic carbocycles. The van der Waals surface area contributed by atoms with Gasteiger partial charge < -0.3 is 20.3 Å². The number of nitrogens with one attached hydrogen (secondary N) is 2. The first-order valence-corrected chi connectivity index (χ1v) is 10.3. The van der Waals surface area contributed by atoms with E-state index in [0.29, 0.717) is 12.1 Å². The van der Waals surface area contributed by atoms with E-state index in [2.05, 4.69) is 44.5 Å². The van der Waals surface area contributed by atoms with Crippen molar-refractivity contribution in [1.82, 2.24) is 15.5 Å². The van der Waals surface area contributed by atoms with Crippen molar-refractivity contribution in [3.05, 3.63) is 24.3 Å². The van der Waals surface area contributed by atoms with E-state index in [-0.39, 0.29) is 0 Å². The van der Waals surface area contributed by atoms with Gasteiger partial charge >= 0.3 is 0 Å². The highest BCUT2D eigenvalue weighted by Crippen LogP contribution is 2.30. The lowest BCUT2D eigenvalue weighted by Crippen LogP contribution is -2.49. The van der Waals surface area contributed by atoms with Crippen LogP contribution in [0, 0.1) is 0 Å². The zero-order chi connectivity index (χ0) is 19.1. The van der Waals surface area contributed by atoms with Crippen LogP contribution in [0.4, 0.5) is 5.69 Å². The maximum Gasteiger partial charge on any atom is 0.191 e. The van der Waals surface area contributed by atoms with Gasteiger partial charge in [-0.2, -0.15) is 0 Å². The molecule has 0 saturated carbocycles. The number of aliphatic imine (C=N–C) groups is 1. The van der Waals surface area contributed by atoms with Gasteiger partial charge in [-0.15, -0.1) is 0 Å². The fraction of sp³-hybridized carbons (Fsp3) is 0.667. The van der Waals surface area contributed by atoms with E-state index in [1.54, 1.807) is 7.11 Å². The minimum absolute atomic E-state index is 0.396. The average molecular weight is 374 g/mol. The molecule has 6 nitrogen and oxygen atoms in total. The molecule has 2 heterocycles. The second kappa shape index (κ2) is 9.83. The van der Waals surface area contributed by atoms with Gasteiger partial charge in [0.2, 0.25) is 0 Å². The molecule has 2 aliphatic rings. The SMILES string of the molecule is CCC(CNC(=NC)NC1CCN(c2ccccc2OC)C1)N1CCCC1. The molecule has 0 spiro atoms. The summed E-state index contributed by atoms with van der Waals surface area (Å²) in [7, 11) is 3.60. The zero-order valence-electron chi connectivity index (χ0n) is 17.1. The number of guanidine groups is 1. The van der Waals surface area contributed by atoms with Gasteiger partial charge in [-0.05, 0) is 50.9 Å². The Morgan fingerprint density at radius 1 is 1.26 bits per heavy atom. The Labute approximate surface area is 164 Å². The summed E-state index contributed by atoms with van der Waals surface area (Å²) in [5, 5.41) is 7.17. The maximum atomic E-state index is 5.52. The molecule has 2 fully saturated rings. The molecule has 2 N–H and O–H groups in total. The van der Waals surface area contributed by atoms with Crippen LogP contribution in [0.25, 0.3) is 0 Å². The van der Waals surface area contributed by atoms with Crippen molar-refractivity contribution >= 4 is 11.6 Å². The number of anilines is 1. The van der Waals surface area contributed by atoms with Crippen LogP contribution in [0.3, 0.4) is 0 Å². The first-order valence-electron chi connectivity index (χ1n) is 10.3. The summed E-state index contributed by atoms with van der Waals surface area (Å²) in [6, 6.07) is 9.25. The van der Waals surface area contributed by atoms with Crippen molar-refractivity contribution in [3.8, 4) is 5.75 Å². The molecular weight excluding hydrogens is 338 g/mol. The maximum absolute atomic E-state index is 5.52. The number of rotatable bonds is 7. The highest BCUT2D eigenvalue weighted by atomic mass is 16.5. The highest BCUT2D eigenvalue weighted by Gasteiger charge is 2.26. The lowest BCUT2D eigenvalue weighted by atomic mass is 10.2. The second-order valence-electron chi connectivity index (χ2n) is 7.51. The molecule has 2 atom stereocenters. The number of likely N-dealkylation sites (tertiary alicyclic amines) is 1. The molecule has 1 aromatic rings. The molecule has 0 amide bonds. The van der Waals surface area contributed by atoms with Gasteiger partial charge in [-0.1, -0.05) is 19.1 Å². The van der Waals surface area contributed by atoms with Crippen LogP contribution < -0.4 is 20.3 Å². The van der Waals surface area contributed by atoms with Crippen LogP contribution in [0.1, 0.15) is 32.6 Å². The molecule has 2 aliphatic heterocycles. The Balaban J connectivity index is 1.50. The molecule has 6 heteroatoms. The first-order chi connectivity index (χ1) is 13.2. The third-order valence-electron chi connectivity index (χ3n) is 5.81. The van der Waals surface area contributed by atoms with Crippen LogP contribution in [0.2, 0.25) is 0 Å². The quantitative estimate of drug-likeness (QED) is 0.567. The number of para-hydroxylation sites is 2. The van der Waals surface area contributed by atoms with E-state index >= 15 is 0 Å². The molecule has 1 aromatic carbocycles. The third-order valence-corrected chi connectivity index (χ3v) is 5.81. The van der Waals surface area contributed by atoms with Crippen molar-refractivity contribution in [1.29, 1.82) is 0 Å². The summed E-state index contributed by atoms with van der Waals surface area (Å²) in [5.74, 6) is 1.86. The van der Waals surface area contributed by atoms with E-state index in [1.807, 2.05) is 19.2 Å². The van der Waals surface area contributed by atoms with Gasteiger partial charge in [-0.3, -0.25) is 9.89 Å². The number of methoxy groups -OCH3 is 1. The Morgan fingerprint density at radius 3 is 2.74 bits per heavy atom. The number of hydrogen-bond acceptors (Lipinski definition) is 4. The molecule has 27 heavy (non-hydrogen) atoms. The van der Waals surface area contributed by atoms with E-state index in [9.17, 15) is 0 Å². The monoisotopic (exact) mass is 373 g/mol. The lowest BCUT2D eigenvalue weighted by Gasteiger charge is -2.28. The fourth-order valence-electron chi connectivity index (χ4n) is 4.23. The summed E-state index contributed by atoms with van der Waals surface area (Å²) in [5.41, 5.74) is 1.17. The number of benzene rings is 1. The van der Waals surface area contributed by atoms with Gasteiger partial charge in [0.05, 0.1) is 12.8 Å². The topological polar surface area (TPSA) is 52.1 Å². The first kappa shape index (κ1) is 19.8. The molecule has 2 unspecified atom stereocenters. The van der Waals surface area contributed by atoms with Crippen LogP contribution >= 0.6 is 0 Å². The number of ether oxygens (including phenoxy) is 1. The smallest absolute Gasteiger partial charge is 0.191 e. The number of nitrogens with zero attached hydrogens (tertiary/aromatic N) is 3. The summed E-state index contributed by atoms with van der Waals surface area (Å²) < 4.78 is 5.52. The minimum atomic E-state index is 0.396. The van der Waals surface area contributed by atoms with Crippen molar-refractivity contribution in [2.75, 3.05) is 51.8 Å². The minimum Gasteiger partial charge on any atom is -0.495 e. The Bertz CT molecular complexity index is 614.